The second kappa shape index (κ2) is 9.37. The van der Waals surface area contributed by atoms with E-state index in [-0.39, 0.29) is 6.61 Å². The van der Waals surface area contributed by atoms with Crippen LogP contribution < -0.4 is 0 Å². The molecule has 0 aromatic heterocycles. The first-order valence-electron chi connectivity index (χ1n) is 6.69. The summed E-state index contributed by atoms with van der Waals surface area (Å²) in [5.41, 5.74) is 1.30. The second-order valence-electron chi connectivity index (χ2n) is 4.86. The first kappa shape index (κ1) is 15.5. The van der Waals surface area contributed by atoms with E-state index in [0.717, 1.165) is 38.4 Å². The van der Waals surface area contributed by atoms with Gasteiger partial charge in [0.1, 0.15) is 0 Å². The first-order chi connectivity index (χ1) is 8.76. The Morgan fingerprint density at radius 3 is 2.50 bits per heavy atom. The van der Waals surface area contributed by atoms with Crippen LogP contribution >= 0.6 is 11.6 Å². The Morgan fingerprint density at radius 1 is 1.17 bits per heavy atom. The van der Waals surface area contributed by atoms with Crippen LogP contribution in [-0.2, 0) is 6.54 Å². The zero-order chi connectivity index (χ0) is 13.2. The van der Waals surface area contributed by atoms with Gasteiger partial charge in [-0.2, -0.15) is 0 Å². The molecule has 0 aliphatic rings. The van der Waals surface area contributed by atoms with E-state index in [0.29, 0.717) is 5.92 Å². The van der Waals surface area contributed by atoms with Gasteiger partial charge < -0.3 is 5.11 Å². The van der Waals surface area contributed by atoms with E-state index in [1.807, 2.05) is 6.07 Å². The van der Waals surface area contributed by atoms with Crippen LogP contribution in [0, 0.1) is 5.92 Å². The fourth-order valence-electron chi connectivity index (χ4n) is 1.99. The number of hydrogen-bond acceptors (Lipinski definition) is 2. The van der Waals surface area contributed by atoms with Crippen molar-refractivity contribution in [3.63, 3.8) is 0 Å². The molecule has 2 nitrogen and oxygen atoms in total. The summed E-state index contributed by atoms with van der Waals surface area (Å²) >= 11 is 5.75. The van der Waals surface area contributed by atoms with Crippen molar-refractivity contribution in [2.45, 2.75) is 26.3 Å². The fourth-order valence-corrected chi connectivity index (χ4v) is 2.36. The van der Waals surface area contributed by atoms with Crippen molar-refractivity contribution in [2.24, 2.45) is 5.92 Å². The maximum Gasteiger partial charge on any atom is 0.0558 e. The first-order valence-corrected chi connectivity index (χ1v) is 7.22. The van der Waals surface area contributed by atoms with Crippen molar-refractivity contribution in [3.05, 3.63) is 35.9 Å². The van der Waals surface area contributed by atoms with Gasteiger partial charge in [-0.1, -0.05) is 37.3 Å². The van der Waals surface area contributed by atoms with Gasteiger partial charge >= 0.3 is 0 Å². The number of halogens is 1. The van der Waals surface area contributed by atoms with Gasteiger partial charge in [0, 0.05) is 19.0 Å². The lowest BCUT2D eigenvalue weighted by molar-refractivity contribution is 0.182. The van der Waals surface area contributed by atoms with E-state index >= 15 is 0 Å². The normalized spacial score (nSPS) is 12.9. The van der Waals surface area contributed by atoms with E-state index in [1.54, 1.807) is 0 Å². The molecule has 0 aliphatic heterocycles. The summed E-state index contributed by atoms with van der Waals surface area (Å²) in [5, 5.41) is 9.12. The number of rotatable bonds is 9. The molecule has 1 N–H and O–H groups in total. The summed E-state index contributed by atoms with van der Waals surface area (Å²) in [6.07, 6.45) is 2.21. The molecule has 0 bridgehead atoms. The van der Waals surface area contributed by atoms with Crippen LogP contribution in [0.4, 0.5) is 0 Å². The van der Waals surface area contributed by atoms with Gasteiger partial charge in [0.2, 0.25) is 0 Å². The highest BCUT2D eigenvalue weighted by Crippen LogP contribution is 2.11. The topological polar surface area (TPSA) is 23.5 Å². The summed E-state index contributed by atoms with van der Waals surface area (Å²) in [4.78, 5) is 2.31. The zero-order valence-electron chi connectivity index (χ0n) is 11.2. The molecule has 0 fully saturated rings. The molecule has 0 spiro atoms. The molecule has 18 heavy (non-hydrogen) atoms. The fraction of sp³-hybridized carbons (Fsp3) is 0.600. The smallest absolute Gasteiger partial charge is 0.0558 e. The predicted octanol–water partition coefficient (Wildman–Crippen LogP) is 3.14. The molecule has 1 atom stereocenters. The third-order valence-electron chi connectivity index (χ3n) is 3.21. The van der Waals surface area contributed by atoms with Crippen molar-refractivity contribution >= 4 is 11.6 Å². The van der Waals surface area contributed by atoms with Crippen molar-refractivity contribution in [3.8, 4) is 0 Å². The van der Waals surface area contributed by atoms with Crippen LogP contribution in [0.15, 0.2) is 30.3 Å². The van der Waals surface area contributed by atoms with Crippen molar-refractivity contribution in [2.75, 3.05) is 25.6 Å². The Labute approximate surface area is 116 Å². The van der Waals surface area contributed by atoms with Crippen LogP contribution in [0.25, 0.3) is 0 Å². The van der Waals surface area contributed by atoms with E-state index in [9.17, 15) is 0 Å². The van der Waals surface area contributed by atoms with Crippen molar-refractivity contribution in [1.82, 2.24) is 4.90 Å². The number of nitrogens with zero attached hydrogens (tertiary/aromatic N) is 1. The molecule has 0 heterocycles. The summed E-state index contributed by atoms with van der Waals surface area (Å²) < 4.78 is 0. The van der Waals surface area contributed by atoms with Gasteiger partial charge in [-0.3, -0.25) is 4.90 Å². The molecule has 102 valence electrons. The molecular formula is C15H24ClNO. The van der Waals surface area contributed by atoms with Gasteiger partial charge in [0.05, 0.1) is 6.61 Å². The lowest BCUT2D eigenvalue weighted by Gasteiger charge is -2.23. The Morgan fingerprint density at radius 2 is 1.89 bits per heavy atom. The molecular weight excluding hydrogens is 246 g/mol. The Bertz CT molecular complexity index is 305. The highest BCUT2D eigenvalue weighted by atomic mass is 35.5. The number of aliphatic hydroxyl groups is 1. The Hall–Kier alpha value is -0.570. The van der Waals surface area contributed by atoms with Crippen molar-refractivity contribution in [1.29, 1.82) is 0 Å². The maximum absolute atomic E-state index is 9.12. The average molecular weight is 270 g/mol. The monoisotopic (exact) mass is 269 g/mol. The average Bonchev–Trinajstić information content (AvgIpc) is 2.38. The van der Waals surface area contributed by atoms with E-state index in [2.05, 4.69) is 36.1 Å². The molecule has 1 rings (SSSR count). The molecule has 0 saturated heterocycles. The van der Waals surface area contributed by atoms with Crippen LogP contribution in [-0.4, -0.2) is 35.6 Å². The van der Waals surface area contributed by atoms with Crippen LogP contribution in [0.3, 0.4) is 0 Å². The minimum atomic E-state index is 0.219. The summed E-state index contributed by atoms with van der Waals surface area (Å²) in [6.45, 7) is 5.13. The largest absolute Gasteiger partial charge is 0.395 e. The third-order valence-corrected chi connectivity index (χ3v) is 3.42. The Kier molecular flexibility index (Phi) is 8.06. The van der Waals surface area contributed by atoms with Gasteiger partial charge in [0.25, 0.3) is 0 Å². The highest BCUT2D eigenvalue weighted by Gasteiger charge is 2.08. The molecule has 0 radical (unpaired) electrons. The van der Waals surface area contributed by atoms with Crippen LogP contribution in [0.1, 0.15) is 25.3 Å². The predicted molar refractivity (Wildman–Crippen MR) is 77.9 cm³/mol. The lowest BCUT2D eigenvalue weighted by Crippen LogP contribution is -2.28. The number of hydrogen-bond donors (Lipinski definition) is 1. The van der Waals surface area contributed by atoms with E-state index in [4.69, 9.17) is 16.7 Å². The highest BCUT2D eigenvalue weighted by molar-refractivity contribution is 6.17. The molecule has 1 aromatic carbocycles. The number of benzene rings is 1. The van der Waals surface area contributed by atoms with Crippen LogP contribution in [0.2, 0.25) is 0 Å². The molecule has 1 aromatic rings. The summed E-state index contributed by atoms with van der Waals surface area (Å²) in [7, 11) is 0. The molecule has 3 heteroatoms. The number of aliphatic hydroxyl groups excluding tert-OH is 1. The van der Waals surface area contributed by atoms with Crippen LogP contribution in [0.5, 0.6) is 0 Å². The third kappa shape index (κ3) is 6.39. The SMILES string of the molecule is CC(CCCl)CCN(CCO)Cc1ccccc1. The van der Waals surface area contributed by atoms with Gasteiger partial charge in [-0.05, 0) is 30.9 Å². The quantitative estimate of drug-likeness (QED) is 0.696. The number of alkyl halides is 1. The van der Waals surface area contributed by atoms with Gasteiger partial charge in [-0.25, -0.2) is 0 Å². The standard InChI is InChI=1S/C15H24ClNO/c1-14(7-9-16)8-10-17(11-12-18)13-15-5-3-2-4-6-15/h2-6,14,18H,7-13H2,1H3. The lowest BCUT2D eigenvalue weighted by atomic mass is 10.0. The summed E-state index contributed by atoms with van der Waals surface area (Å²) in [5.74, 6) is 1.39. The molecule has 0 aliphatic carbocycles. The zero-order valence-corrected chi connectivity index (χ0v) is 11.9. The summed E-state index contributed by atoms with van der Waals surface area (Å²) in [6, 6.07) is 10.4. The minimum Gasteiger partial charge on any atom is -0.395 e. The molecule has 0 amide bonds. The maximum atomic E-state index is 9.12. The van der Waals surface area contributed by atoms with Crippen molar-refractivity contribution < 1.29 is 5.11 Å². The van der Waals surface area contributed by atoms with Gasteiger partial charge in [-0.15, -0.1) is 11.6 Å². The minimum absolute atomic E-state index is 0.219. The Balaban J connectivity index is 2.39. The van der Waals surface area contributed by atoms with Gasteiger partial charge in [0.15, 0.2) is 0 Å². The second-order valence-corrected chi connectivity index (χ2v) is 5.23. The van der Waals surface area contributed by atoms with E-state index in [1.165, 1.54) is 5.56 Å². The van der Waals surface area contributed by atoms with E-state index < -0.39 is 0 Å². The molecule has 0 saturated carbocycles. The molecule has 1 unspecified atom stereocenters.